The molecule has 2 aromatic carbocycles. The number of para-hydroxylation sites is 1. The molecule has 2 nitrogen and oxygen atoms in total. The van der Waals surface area contributed by atoms with Crippen LogP contribution in [0.25, 0.3) is 0 Å². The number of halogens is 2. The van der Waals surface area contributed by atoms with E-state index in [1.165, 1.54) is 12.1 Å². The average molecular weight is 261 g/mol. The van der Waals surface area contributed by atoms with Gasteiger partial charge in [0.05, 0.1) is 0 Å². The van der Waals surface area contributed by atoms with E-state index in [-0.39, 0.29) is 6.04 Å². The van der Waals surface area contributed by atoms with Gasteiger partial charge in [0.2, 0.25) is 0 Å². The number of hydrogen-bond donors (Lipinski definition) is 1. The molecule has 0 amide bonds. The van der Waals surface area contributed by atoms with Gasteiger partial charge in [0.25, 0.3) is 0 Å². The first kappa shape index (κ1) is 12.1. The second-order valence-corrected chi connectivity index (χ2v) is 4.69. The molecule has 0 saturated heterocycles. The molecule has 0 bridgehead atoms. The highest BCUT2D eigenvalue weighted by Gasteiger charge is 2.27. The molecule has 0 radical (unpaired) electrons. The van der Waals surface area contributed by atoms with Gasteiger partial charge in [-0.3, -0.25) is 0 Å². The molecule has 1 aliphatic heterocycles. The summed E-state index contributed by atoms with van der Waals surface area (Å²) in [6.45, 7) is 0. The van der Waals surface area contributed by atoms with Crippen LogP contribution in [0.3, 0.4) is 0 Å². The second-order valence-electron chi connectivity index (χ2n) is 4.69. The summed E-state index contributed by atoms with van der Waals surface area (Å²) in [5.74, 6) is -0.534. The summed E-state index contributed by atoms with van der Waals surface area (Å²) in [7, 11) is 0. The maximum Gasteiger partial charge on any atom is 0.126 e. The molecule has 2 aromatic rings. The average Bonchev–Trinajstić information content (AvgIpc) is 2.37. The van der Waals surface area contributed by atoms with Crippen molar-refractivity contribution in [3.63, 3.8) is 0 Å². The molecule has 0 aliphatic carbocycles. The van der Waals surface area contributed by atoms with Crippen LogP contribution < -0.4 is 10.5 Å². The standard InChI is InChI=1S/C15H13F2NO/c16-10-5-9(6-11(17)7-10)15-8-13(18)12-3-1-2-4-14(12)19-15/h1-7,13,15H,8,18H2/t13-,15?/m0/s1. The van der Waals surface area contributed by atoms with Gasteiger partial charge in [-0.2, -0.15) is 0 Å². The van der Waals surface area contributed by atoms with Crippen LogP contribution in [-0.2, 0) is 0 Å². The number of benzene rings is 2. The highest BCUT2D eigenvalue weighted by atomic mass is 19.1. The number of rotatable bonds is 1. The number of nitrogens with two attached hydrogens (primary N) is 1. The van der Waals surface area contributed by atoms with E-state index in [0.717, 1.165) is 11.6 Å². The Hall–Kier alpha value is -1.94. The van der Waals surface area contributed by atoms with Crippen LogP contribution in [0.4, 0.5) is 8.78 Å². The number of ether oxygens (including phenoxy) is 1. The summed E-state index contributed by atoms with van der Waals surface area (Å²) in [5.41, 5.74) is 7.48. The highest BCUT2D eigenvalue weighted by molar-refractivity contribution is 5.39. The SMILES string of the molecule is N[C@H]1CC(c2cc(F)cc(F)c2)Oc2ccccc21. The van der Waals surface area contributed by atoms with Gasteiger partial charge in [-0.15, -0.1) is 0 Å². The summed E-state index contributed by atoms with van der Waals surface area (Å²) in [4.78, 5) is 0. The lowest BCUT2D eigenvalue weighted by molar-refractivity contribution is 0.161. The molecular weight excluding hydrogens is 248 g/mol. The molecule has 2 N–H and O–H groups in total. The fourth-order valence-corrected chi connectivity index (χ4v) is 2.42. The van der Waals surface area contributed by atoms with Crippen LogP contribution >= 0.6 is 0 Å². The molecule has 3 rings (SSSR count). The molecule has 2 atom stereocenters. The zero-order valence-electron chi connectivity index (χ0n) is 10.1. The maximum atomic E-state index is 13.2. The van der Waals surface area contributed by atoms with Crippen LogP contribution in [0.15, 0.2) is 42.5 Å². The Morgan fingerprint density at radius 1 is 1.05 bits per heavy atom. The molecule has 0 fully saturated rings. The molecule has 98 valence electrons. The molecule has 0 aromatic heterocycles. The normalized spacial score (nSPS) is 21.6. The lowest BCUT2D eigenvalue weighted by atomic mass is 9.93. The third-order valence-electron chi connectivity index (χ3n) is 3.31. The monoisotopic (exact) mass is 261 g/mol. The van der Waals surface area contributed by atoms with Crippen molar-refractivity contribution in [3.8, 4) is 5.75 Å². The van der Waals surface area contributed by atoms with E-state index in [1.807, 2.05) is 24.3 Å². The van der Waals surface area contributed by atoms with E-state index in [9.17, 15) is 8.78 Å². The Morgan fingerprint density at radius 3 is 2.47 bits per heavy atom. The van der Waals surface area contributed by atoms with E-state index in [0.29, 0.717) is 17.7 Å². The van der Waals surface area contributed by atoms with Crippen molar-refractivity contribution in [3.05, 3.63) is 65.2 Å². The summed E-state index contributed by atoms with van der Waals surface area (Å²) >= 11 is 0. The molecule has 1 heterocycles. The van der Waals surface area contributed by atoms with E-state index < -0.39 is 17.7 Å². The van der Waals surface area contributed by atoms with Gasteiger partial charge in [0, 0.05) is 24.1 Å². The van der Waals surface area contributed by atoms with Crippen LogP contribution in [0, 0.1) is 11.6 Å². The van der Waals surface area contributed by atoms with Gasteiger partial charge in [-0.1, -0.05) is 18.2 Å². The van der Waals surface area contributed by atoms with Gasteiger partial charge in [-0.05, 0) is 23.8 Å². The van der Waals surface area contributed by atoms with E-state index in [2.05, 4.69) is 0 Å². The molecule has 1 unspecified atom stereocenters. The molecule has 0 spiro atoms. The summed E-state index contributed by atoms with van der Waals surface area (Å²) < 4.78 is 32.3. The Bertz CT molecular complexity index is 595. The van der Waals surface area contributed by atoms with Gasteiger partial charge in [0.1, 0.15) is 23.5 Å². The van der Waals surface area contributed by atoms with Crippen LogP contribution in [-0.4, -0.2) is 0 Å². The largest absolute Gasteiger partial charge is 0.485 e. The summed E-state index contributed by atoms with van der Waals surface area (Å²) in [6, 6.07) is 10.7. The van der Waals surface area contributed by atoms with Crippen molar-refractivity contribution < 1.29 is 13.5 Å². The third-order valence-corrected chi connectivity index (χ3v) is 3.31. The Balaban J connectivity index is 1.96. The highest BCUT2D eigenvalue weighted by Crippen LogP contribution is 2.39. The van der Waals surface area contributed by atoms with E-state index >= 15 is 0 Å². The number of hydrogen-bond acceptors (Lipinski definition) is 2. The van der Waals surface area contributed by atoms with Crippen molar-refractivity contribution in [2.24, 2.45) is 5.73 Å². The molecule has 19 heavy (non-hydrogen) atoms. The van der Waals surface area contributed by atoms with Crippen LogP contribution in [0.2, 0.25) is 0 Å². The van der Waals surface area contributed by atoms with E-state index in [4.69, 9.17) is 10.5 Å². The lowest BCUT2D eigenvalue weighted by Gasteiger charge is -2.30. The van der Waals surface area contributed by atoms with Gasteiger partial charge < -0.3 is 10.5 Å². The van der Waals surface area contributed by atoms with E-state index in [1.54, 1.807) is 0 Å². The second kappa shape index (κ2) is 4.63. The third kappa shape index (κ3) is 2.31. The number of fused-ring (bicyclic) bond motifs is 1. The van der Waals surface area contributed by atoms with Crippen molar-refractivity contribution in [2.45, 2.75) is 18.6 Å². The molecule has 1 aliphatic rings. The quantitative estimate of drug-likeness (QED) is 0.852. The van der Waals surface area contributed by atoms with Crippen molar-refractivity contribution >= 4 is 0 Å². The Morgan fingerprint density at radius 2 is 1.74 bits per heavy atom. The zero-order valence-corrected chi connectivity index (χ0v) is 10.1. The predicted molar refractivity (Wildman–Crippen MR) is 67.7 cm³/mol. The Labute approximate surface area is 109 Å². The summed E-state index contributed by atoms with van der Waals surface area (Å²) in [5, 5.41) is 0. The predicted octanol–water partition coefficient (Wildman–Crippen LogP) is 3.49. The van der Waals surface area contributed by atoms with Gasteiger partial charge in [-0.25, -0.2) is 8.78 Å². The smallest absolute Gasteiger partial charge is 0.126 e. The first-order chi connectivity index (χ1) is 9.13. The fraction of sp³-hybridized carbons (Fsp3) is 0.200. The summed E-state index contributed by atoms with van der Waals surface area (Å²) in [6.07, 6.45) is 0.0787. The zero-order chi connectivity index (χ0) is 13.4. The van der Waals surface area contributed by atoms with Crippen molar-refractivity contribution in [1.82, 2.24) is 0 Å². The van der Waals surface area contributed by atoms with Crippen LogP contribution in [0.1, 0.15) is 29.7 Å². The van der Waals surface area contributed by atoms with Crippen molar-refractivity contribution in [2.75, 3.05) is 0 Å². The molecule has 4 heteroatoms. The first-order valence-corrected chi connectivity index (χ1v) is 6.10. The van der Waals surface area contributed by atoms with Crippen molar-refractivity contribution in [1.29, 1.82) is 0 Å². The molecule has 0 saturated carbocycles. The van der Waals surface area contributed by atoms with Crippen LogP contribution in [0.5, 0.6) is 5.75 Å². The lowest BCUT2D eigenvalue weighted by Crippen LogP contribution is -2.24. The fourth-order valence-electron chi connectivity index (χ4n) is 2.42. The minimum Gasteiger partial charge on any atom is -0.485 e. The Kier molecular flexibility index (Phi) is 2.95. The minimum absolute atomic E-state index is 0.193. The topological polar surface area (TPSA) is 35.2 Å². The first-order valence-electron chi connectivity index (χ1n) is 6.10. The maximum absolute atomic E-state index is 13.2. The molecular formula is C15H13F2NO. The van der Waals surface area contributed by atoms with Gasteiger partial charge in [0.15, 0.2) is 0 Å². The van der Waals surface area contributed by atoms with Gasteiger partial charge >= 0.3 is 0 Å². The minimum atomic E-state index is -0.606.